The fourth-order valence-electron chi connectivity index (χ4n) is 10.1. The van der Waals surface area contributed by atoms with E-state index in [1.54, 1.807) is 5.57 Å². The SMILES string of the molecule is CC(C)(CNC(=O)CBr)CC1CC1.CCCC.CCCOC1CCC2(C)C(=CCC3C2CCC2(C)C(CCCCC(C)C)CCC32)C1. The number of hydrogen-bond donors (Lipinski definition) is 1. The Hall–Kier alpha value is -0.350. The molecule has 0 aromatic heterocycles. The smallest absolute Gasteiger partial charge is 0.230 e. The van der Waals surface area contributed by atoms with E-state index in [4.69, 9.17) is 4.74 Å². The predicted octanol–water partition coefficient (Wildman–Crippen LogP) is 12.7. The van der Waals surface area contributed by atoms with Gasteiger partial charge in [-0.15, -0.1) is 0 Å². The summed E-state index contributed by atoms with van der Waals surface area (Å²) in [4.78, 5) is 11.0. The molecule has 4 fully saturated rings. The lowest BCUT2D eigenvalue weighted by molar-refractivity contribution is -0.118. The molecular formula is C43H78BrNO2. The first-order valence-electron chi connectivity index (χ1n) is 20.5. The number of rotatable bonds is 14. The van der Waals surface area contributed by atoms with Crippen LogP contribution in [0.4, 0.5) is 0 Å². The van der Waals surface area contributed by atoms with Gasteiger partial charge in [-0.3, -0.25) is 4.79 Å². The van der Waals surface area contributed by atoms with Gasteiger partial charge in [0.25, 0.3) is 0 Å². The summed E-state index contributed by atoms with van der Waals surface area (Å²) in [5.74, 6) is 5.80. The third kappa shape index (κ3) is 11.9. The Kier molecular flexibility index (Phi) is 16.9. The van der Waals surface area contributed by atoms with E-state index in [2.05, 4.69) is 89.6 Å². The van der Waals surface area contributed by atoms with Gasteiger partial charge in [-0.1, -0.05) is 135 Å². The minimum atomic E-state index is 0.0869. The van der Waals surface area contributed by atoms with E-state index < -0.39 is 0 Å². The molecule has 1 N–H and O–H groups in total. The van der Waals surface area contributed by atoms with Gasteiger partial charge in [-0.25, -0.2) is 0 Å². The number of alkyl halides is 1. The average molecular weight is 721 g/mol. The quantitative estimate of drug-likeness (QED) is 0.110. The first-order valence-corrected chi connectivity index (χ1v) is 21.6. The molecule has 0 bridgehead atoms. The molecule has 274 valence electrons. The third-order valence-corrected chi connectivity index (χ3v) is 13.8. The van der Waals surface area contributed by atoms with Crippen LogP contribution in [0, 0.1) is 51.8 Å². The van der Waals surface area contributed by atoms with Crippen LogP contribution in [0.3, 0.4) is 0 Å². The van der Waals surface area contributed by atoms with E-state index in [1.807, 2.05) is 0 Å². The molecule has 0 heterocycles. The van der Waals surface area contributed by atoms with Crippen LogP contribution in [-0.4, -0.2) is 30.5 Å². The number of fused-ring (bicyclic) bond motifs is 5. The fraction of sp³-hybridized carbons (Fsp3) is 0.930. The second kappa shape index (κ2) is 19.3. The van der Waals surface area contributed by atoms with Crippen LogP contribution in [0.5, 0.6) is 0 Å². The van der Waals surface area contributed by atoms with Crippen molar-refractivity contribution in [2.24, 2.45) is 51.8 Å². The number of ether oxygens (including phenoxy) is 1. The van der Waals surface area contributed by atoms with Gasteiger partial charge in [0.05, 0.1) is 11.4 Å². The Labute approximate surface area is 301 Å². The Morgan fingerprint density at radius 3 is 2.32 bits per heavy atom. The Bertz CT molecular complexity index is 953. The van der Waals surface area contributed by atoms with Crippen LogP contribution in [0.1, 0.15) is 178 Å². The average Bonchev–Trinajstić information content (AvgIpc) is 3.79. The third-order valence-electron chi connectivity index (χ3n) is 13.3. The predicted molar refractivity (Wildman–Crippen MR) is 207 cm³/mol. The Balaban J connectivity index is 0.000000293. The minimum Gasteiger partial charge on any atom is -0.378 e. The summed E-state index contributed by atoms with van der Waals surface area (Å²) in [7, 11) is 0. The van der Waals surface area contributed by atoms with Crippen molar-refractivity contribution in [3.8, 4) is 0 Å². The van der Waals surface area contributed by atoms with E-state index in [9.17, 15) is 4.79 Å². The molecule has 4 heteroatoms. The zero-order chi connectivity index (χ0) is 34.7. The van der Waals surface area contributed by atoms with Gasteiger partial charge in [0.2, 0.25) is 5.91 Å². The molecule has 7 atom stereocenters. The lowest BCUT2D eigenvalue weighted by atomic mass is 9.47. The first kappa shape index (κ1) is 41.1. The zero-order valence-corrected chi connectivity index (χ0v) is 34.2. The summed E-state index contributed by atoms with van der Waals surface area (Å²) in [5, 5.41) is 3.33. The van der Waals surface area contributed by atoms with Crippen molar-refractivity contribution in [1.29, 1.82) is 0 Å². The number of unbranched alkanes of at least 4 members (excludes halogenated alkanes) is 2. The minimum absolute atomic E-state index is 0.0869. The van der Waals surface area contributed by atoms with Crippen molar-refractivity contribution < 1.29 is 9.53 Å². The Morgan fingerprint density at radius 1 is 0.979 bits per heavy atom. The molecule has 0 spiro atoms. The summed E-state index contributed by atoms with van der Waals surface area (Å²) in [6.45, 7) is 22.9. The molecule has 0 saturated heterocycles. The van der Waals surface area contributed by atoms with Gasteiger partial charge in [-0.05, 0) is 122 Å². The maximum Gasteiger partial charge on any atom is 0.230 e. The molecule has 47 heavy (non-hydrogen) atoms. The van der Waals surface area contributed by atoms with Crippen molar-refractivity contribution in [3.05, 3.63) is 11.6 Å². The number of amides is 1. The second-order valence-corrected chi connectivity index (χ2v) is 18.8. The number of halogens is 1. The van der Waals surface area contributed by atoms with Crippen molar-refractivity contribution in [3.63, 3.8) is 0 Å². The van der Waals surface area contributed by atoms with Crippen LogP contribution in [0.25, 0.3) is 0 Å². The van der Waals surface area contributed by atoms with E-state index in [1.165, 1.54) is 109 Å². The molecule has 1 amide bonds. The first-order chi connectivity index (χ1) is 22.3. The highest BCUT2D eigenvalue weighted by molar-refractivity contribution is 9.09. The largest absolute Gasteiger partial charge is 0.378 e. The highest BCUT2D eigenvalue weighted by Crippen LogP contribution is 2.66. The maximum atomic E-state index is 11.0. The van der Waals surface area contributed by atoms with Gasteiger partial charge < -0.3 is 10.1 Å². The van der Waals surface area contributed by atoms with E-state index in [-0.39, 0.29) is 11.3 Å². The van der Waals surface area contributed by atoms with E-state index in [0.717, 1.165) is 55.1 Å². The number of hydrogen-bond acceptors (Lipinski definition) is 2. The lowest BCUT2D eigenvalue weighted by Gasteiger charge is -2.58. The van der Waals surface area contributed by atoms with Crippen LogP contribution in [0.15, 0.2) is 11.6 Å². The van der Waals surface area contributed by atoms with Crippen molar-refractivity contribution in [1.82, 2.24) is 5.32 Å². The summed E-state index contributed by atoms with van der Waals surface area (Å²) in [5.41, 5.74) is 3.16. The molecule has 5 aliphatic carbocycles. The van der Waals surface area contributed by atoms with Gasteiger partial charge in [0.1, 0.15) is 0 Å². The molecule has 3 nitrogen and oxygen atoms in total. The molecule has 0 aromatic carbocycles. The zero-order valence-electron chi connectivity index (χ0n) is 32.7. The van der Waals surface area contributed by atoms with E-state index in [0.29, 0.717) is 22.3 Å². The molecule has 0 aromatic rings. The van der Waals surface area contributed by atoms with Gasteiger partial charge >= 0.3 is 0 Å². The molecule has 0 aliphatic heterocycles. The summed E-state index contributed by atoms with van der Waals surface area (Å²) in [6, 6.07) is 0. The molecule has 5 rings (SSSR count). The maximum absolute atomic E-state index is 11.0. The summed E-state index contributed by atoms with van der Waals surface area (Å²) >= 11 is 3.13. The summed E-state index contributed by atoms with van der Waals surface area (Å²) < 4.78 is 6.18. The normalized spacial score (nSPS) is 32.9. The van der Waals surface area contributed by atoms with Crippen LogP contribution < -0.4 is 5.32 Å². The standard InChI is InChI=1S/C29H50O.C10H18BrNO.C4H10/c1-6-19-30-24-15-17-29(5)23(20-24)11-13-25-26-14-12-22(10-8-7-9-21(2)3)28(26,4)18-16-27(25)29;1-10(2,5-8-3-4-8)7-12-9(13)6-11;1-3-4-2/h11,21-22,24-27H,6-10,12-20H2,1-5H3;8H,3-7H2,1-2H3,(H,12,13);3-4H2,1-2H3. The monoisotopic (exact) mass is 720 g/mol. The molecule has 7 unspecified atom stereocenters. The molecule has 5 aliphatic rings. The van der Waals surface area contributed by atoms with Gasteiger partial charge in [0, 0.05) is 13.2 Å². The van der Waals surface area contributed by atoms with Crippen molar-refractivity contribution >= 4 is 21.8 Å². The van der Waals surface area contributed by atoms with Crippen LogP contribution >= 0.6 is 15.9 Å². The molecule has 0 radical (unpaired) electrons. The topological polar surface area (TPSA) is 38.3 Å². The highest BCUT2D eigenvalue weighted by atomic mass is 79.9. The molecule has 4 saturated carbocycles. The van der Waals surface area contributed by atoms with Crippen molar-refractivity contribution in [2.75, 3.05) is 18.5 Å². The summed E-state index contributed by atoms with van der Waals surface area (Å²) in [6.07, 6.45) is 28.2. The van der Waals surface area contributed by atoms with Gasteiger partial charge in [0.15, 0.2) is 0 Å². The second-order valence-electron chi connectivity index (χ2n) is 18.2. The molecular weight excluding hydrogens is 642 g/mol. The number of carbonyl (C=O) groups is 1. The number of carbonyl (C=O) groups excluding carboxylic acids is 1. The Morgan fingerprint density at radius 2 is 1.70 bits per heavy atom. The van der Waals surface area contributed by atoms with Crippen LogP contribution in [-0.2, 0) is 9.53 Å². The van der Waals surface area contributed by atoms with E-state index >= 15 is 0 Å². The van der Waals surface area contributed by atoms with Crippen LogP contribution in [0.2, 0.25) is 0 Å². The fourth-order valence-corrected chi connectivity index (χ4v) is 10.3. The number of nitrogens with one attached hydrogen (secondary N) is 1. The lowest BCUT2D eigenvalue weighted by Crippen LogP contribution is -2.50. The van der Waals surface area contributed by atoms with Crippen molar-refractivity contribution in [2.45, 2.75) is 184 Å². The highest BCUT2D eigenvalue weighted by Gasteiger charge is 2.58. The number of allylic oxidation sites excluding steroid dienone is 1. The van der Waals surface area contributed by atoms with Gasteiger partial charge in [-0.2, -0.15) is 0 Å².